The van der Waals surface area contributed by atoms with Gasteiger partial charge in [0.25, 0.3) is 0 Å². The number of esters is 1. The van der Waals surface area contributed by atoms with Crippen molar-refractivity contribution in [2.45, 2.75) is 19.8 Å². The zero-order chi connectivity index (χ0) is 10.6. The summed E-state index contributed by atoms with van der Waals surface area (Å²) in [5.74, 6) is -0.843. The molecule has 0 aromatic carbocycles. The quantitative estimate of drug-likeness (QED) is 0.388. The van der Waals surface area contributed by atoms with Crippen LogP contribution in [0.3, 0.4) is 0 Å². The number of nitriles is 1. The van der Waals surface area contributed by atoms with Gasteiger partial charge in [-0.25, -0.2) is 4.79 Å². The Morgan fingerprint density at radius 3 is 2.79 bits per heavy atom. The molecule has 1 aliphatic rings. The van der Waals surface area contributed by atoms with Gasteiger partial charge < -0.3 is 10.1 Å². The van der Waals surface area contributed by atoms with Crippen LogP contribution >= 0.6 is 0 Å². The molecule has 1 N–H and O–H groups in total. The van der Waals surface area contributed by atoms with E-state index in [4.69, 9.17) is 5.26 Å². The van der Waals surface area contributed by atoms with Gasteiger partial charge in [0.2, 0.25) is 5.91 Å². The Balaban J connectivity index is 2.86. The van der Waals surface area contributed by atoms with Crippen molar-refractivity contribution < 1.29 is 14.3 Å². The lowest BCUT2D eigenvalue weighted by molar-refractivity contribution is -0.138. The van der Waals surface area contributed by atoms with E-state index in [9.17, 15) is 9.59 Å². The minimum absolute atomic E-state index is 0.0994. The van der Waals surface area contributed by atoms with Crippen LogP contribution in [-0.4, -0.2) is 18.5 Å². The second kappa shape index (κ2) is 4.42. The number of ether oxygens (including phenoxy) is 1. The Morgan fingerprint density at radius 1 is 1.64 bits per heavy atom. The van der Waals surface area contributed by atoms with Crippen molar-refractivity contribution in [3.63, 3.8) is 0 Å². The van der Waals surface area contributed by atoms with Crippen LogP contribution in [0.2, 0.25) is 0 Å². The van der Waals surface area contributed by atoms with Crippen molar-refractivity contribution in [1.82, 2.24) is 5.32 Å². The van der Waals surface area contributed by atoms with Crippen molar-refractivity contribution in [1.29, 1.82) is 5.26 Å². The molecule has 1 heterocycles. The molecular formula is C9H10N2O3. The third-order valence-corrected chi connectivity index (χ3v) is 1.79. The highest BCUT2D eigenvalue weighted by molar-refractivity contribution is 5.95. The summed E-state index contributed by atoms with van der Waals surface area (Å²) < 4.78 is 4.67. The van der Waals surface area contributed by atoms with Gasteiger partial charge >= 0.3 is 5.97 Å². The lowest BCUT2D eigenvalue weighted by Gasteiger charge is -2.02. The lowest BCUT2D eigenvalue weighted by Crippen LogP contribution is -2.17. The molecule has 0 bridgehead atoms. The van der Waals surface area contributed by atoms with Gasteiger partial charge in [0.15, 0.2) is 5.57 Å². The highest BCUT2D eigenvalue weighted by Gasteiger charge is 2.23. The summed E-state index contributed by atoms with van der Waals surface area (Å²) in [4.78, 5) is 22.1. The van der Waals surface area contributed by atoms with Crippen molar-refractivity contribution in [3.05, 3.63) is 11.3 Å². The molecule has 0 atom stereocenters. The largest absolute Gasteiger partial charge is 0.462 e. The van der Waals surface area contributed by atoms with Crippen LogP contribution in [0.5, 0.6) is 0 Å². The topological polar surface area (TPSA) is 79.2 Å². The zero-order valence-electron chi connectivity index (χ0n) is 7.79. The van der Waals surface area contributed by atoms with Crippen LogP contribution in [-0.2, 0) is 14.3 Å². The van der Waals surface area contributed by atoms with Gasteiger partial charge in [-0.1, -0.05) is 0 Å². The second-order valence-electron chi connectivity index (χ2n) is 2.73. The van der Waals surface area contributed by atoms with Gasteiger partial charge in [-0.15, -0.1) is 0 Å². The van der Waals surface area contributed by atoms with Crippen LogP contribution in [0.25, 0.3) is 0 Å². The number of carbonyl (C=O) groups excluding carboxylic acids is 2. The molecule has 1 rings (SSSR count). The Labute approximate surface area is 81.3 Å². The van der Waals surface area contributed by atoms with Gasteiger partial charge in [0, 0.05) is 12.1 Å². The van der Waals surface area contributed by atoms with E-state index in [0.717, 1.165) is 0 Å². The maximum absolute atomic E-state index is 11.2. The first-order valence-electron chi connectivity index (χ1n) is 4.29. The molecule has 14 heavy (non-hydrogen) atoms. The van der Waals surface area contributed by atoms with Gasteiger partial charge in [0.1, 0.15) is 6.07 Å². The number of nitrogens with zero attached hydrogens (tertiary/aromatic N) is 1. The average molecular weight is 194 g/mol. The smallest absolute Gasteiger partial charge is 0.350 e. The van der Waals surface area contributed by atoms with E-state index >= 15 is 0 Å². The van der Waals surface area contributed by atoms with Crippen molar-refractivity contribution >= 4 is 11.9 Å². The lowest BCUT2D eigenvalue weighted by atomic mass is 10.2. The minimum Gasteiger partial charge on any atom is -0.462 e. The molecule has 5 heteroatoms. The summed E-state index contributed by atoms with van der Waals surface area (Å²) in [6, 6.07) is 1.74. The summed E-state index contributed by atoms with van der Waals surface area (Å²) in [6.45, 7) is 1.87. The Morgan fingerprint density at radius 2 is 2.36 bits per heavy atom. The molecule has 0 aromatic heterocycles. The molecule has 1 amide bonds. The van der Waals surface area contributed by atoms with E-state index in [1.54, 1.807) is 13.0 Å². The second-order valence-corrected chi connectivity index (χ2v) is 2.73. The highest BCUT2D eigenvalue weighted by atomic mass is 16.5. The molecule has 1 saturated heterocycles. The molecule has 0 unspecified atom stereocenters. The van der Waals surface area contributed by atoms with Crippen LogP contribution in [0.4, 0.5) is 0 Å². The summed E-state index contributed by atoms with van der Waals surface area (Å²) in [7, 11) is 0. The molecule has 0 spiro atoms. The molecule has 0 aromatic rings. The van der Waals surface area contributed by atoms with Crippen LogP contribution in [0, 0.1) is 11.3 Å². The van der Waals surface area contributed by atoms with Gasteiger partial charge in [-0.3, -0.25) is 4.79 Å². The van der Waals surface area contributed by atoms with Gasteiger partial charge in [0.05, 0.1) is 6.61 Å². The fraction of sp³-hybridized carbons (Fsp3) is 0.444. The predicted octanol–water partition coefficient (Wildman–Crippen LogP) is 0.237. The van der Waals surface area contributed by atoms with E-state index in [0.29, 0.717) is 18.5 Å². The normalized spacial score (nSPS) is 18.4. The highest BCUT2D eigenvalue weighted by Crippen LogP contribution is 2.15. The Kier molecular flexibility index (Phi) is 3.24. The first-order chi connectivity index (χ1) is 6.69. The monoisotopic (exact) mass is 194 g/mol. The van der Waals surface area contributed by atoms with E-state index in [1.165, 1.54) is 0 Å². The first-order valence-corrected chi connectivity index (χ1v) is 4.29. The third-order valence-electron chi connectivity index (χ3n) is 1.79. The first kappa shape index (κ1) is 10.3. The van der Waals surface area contributed by atoms with Crippen molar-refractivity contribution in [3.8, 4) is 6.07 Å². The summed E-state index contributed by atoms with van der Waals surface area (Å²) >= 11 is 0. The van der Waals surface area contributed by atoms with E-state index < -0.39 is 5.97 Å². The van der Waals surface area contributed by atoms with Crippen molar-refractivity contribution in [2.24, 2.45) is 0 Å². The number of nitrogens with one attached hydrogen (secondary N) is 1. The van der Waals surface area contributed by atoms with Crippen LogP contribution in [0.15, 0.2) is 11.3 Å². The average Bonchev–Trinajstić information content (AvgIpc) is 2.54. The van der Waals surface area contributed by atoms with E-state index in [-0.39, 0.29) is 18.1 Å². The number of allylic oxidation sites excluding steroid dienone is 1. The van der Waals surface area contributed by atoms with E-state index in [2.05, 4.69) is 10.1 Å². The molecule has 1 fully saturated rings. The van der Waals surface area contributed by atoms with Crippen LogP contribution in [0.1, 0.15) is 19.8 Å². The number of carbonyl (C=O) groups is 2. The predicted molar refractivity (Wildman–Crippen MR) is 46.6 cm³/mol. The maximum atomic E-state index is 11.2. The van der Waals surface area contributed by atoms with Crippen LogP contribution < -0.4 is 5.32 Å². The number of hydrogen-bond acceptors (Lipinski definition) is 4. The Bertz CT molecular complexity index is 338. The molecule has 0 radical (unpaired) electrons. The summed E-state index contributed by atoms with van der Waals surface area (Å²) in [5.41, 5.74) is 0.272. The number of hydrogen-bond donors (Lipinski definition) is 1. The van der Waals surface area contributed by atoms with Gasteiger partial charge in [-0.05, 0) is 13.3 Å². The molecule has 1 aliphatic heterocycles. The number of amides is 1. The fourth-order valence-electron chi connectivity index (χ4n) is 1.16. The Hall–Kier alpha value is -1.83. The fourth-order valence-corrected chi connectivity index (χ4v) is 1.16. The van der Waals surface area contributed by atoms with Gasteiger partial charge in [-0.2, -0.15) is 5.26 Å². The third kappa shape index (κ3) is 2.10. The SMILES string of the molecule is CCOC(=O)/C(C#N)=C1/CCC(=O)N1. The zero-order valence-corrected chi connectivity index (χ0v) is 7.79. The molecule has 74 valence electrons. The maximum Gasteiger partial charge on any atom is 0.350 e. The van der Waals surface area contributed by atoms with Crippen molar-refractivity contribution in [2.75, 3.05) is 6.61 Å². The molecular weight excluding hydrogens is 184 g/mol. The number of rotatable bonds is 2. The minimum atomic E-state index is -0.674. The summed E-state index contributed by atoms with van der Waals surface area (Å²) in [5, 5.41) is 11.2. The molecule has 0 saturated carbocycles. The van der Waals surface area contributed by atoms with E-state index in [1.807, 2.05) is 0 Å². The molecule has 0 aliphatic carbocycles. The standard InChI is InChI=1S/C9H10N2O3/c1-2-14-9(13)6(5-10)7-3-4-8(12)11-7/h2-4H2,1H3,(H,11,12)/b7-6-. The molecule has 5 nitrogen and oxygen atoms in total. The summed E-state index contributed by atoms with van der Waals surface area (Å²) in [6.07, 6.45) is 0.723.